The molecule has 1 aromatic heterocycles. The monoisotopic (exact) mass is 343 g/mol. The molecule has 0 bridgehead atoms. The van der Waals surface area contributed by atoms with Gasteiger partial charge in [0, 0.05) is 25.2 Å². The van der Waals surface area contributed by atoms with Gasteiger partial charge in [0.05, 0.1) is 12.0 Å². The average molecular weight is 343 g/mol. The zero-order valence-corrected chi connectivity index (χ0v) is 15.5. The summed E-state index contributed by atoms with van der Waals surface area (Å²) in [6, 6.07) is 10.7. The lowest BCUT2D eigenvalue weighted by atomic mass is 9.84. The molecule has 0 radical (unpaired) electrons. The number of benzene rings is 1. The molecule has 1 N–H and O–H groups in total. The highest BCUT2D eigenvalue weighted by Crippen LogP contribution is 2.28. The Morgan fingerprint density at radius 1 is 1.24 bits per heavy atom. The van der Waals surface area contributed by atoms with E-state index in [0.29, 0.717) is 0 Å². The van der Waals surface area contributed by atoms with E-state index in [1.165, 1.54) is 12.5 Å². The number of rotatable bonds is 10. The number of hydrogen-bond donors (Lipinski definition) is 1. The van der Waals surface area contributed by atoms with E-state index in [1.807, 2.05) is 10.8 Å². The average Bonchev–Trinajstić information content (AvgIpc) is 3.09. The number of aryl methyl sites for hydroxylation is 1. The summed E-state index contributed by atoms with van der Waals surface area (Å²) in [5.41, 5.74) is 2.17. The Balaban J connectivity index is 1.84. The van der Waals surface area contributed by atoms with Crippen LogP contribution in [0.1, 0.15) is 51.3 Å². The predicted molar refractivity (Wildman–Crippen MR) is 99.0 cm³/mol. The molecule has 136 valence electrons. The maximum absolute atomic E-state index is 10.8. The molecule has 5 nitrogen and oxygen atoms in total. The number of aromatic nitrogens is 2. The molecule has 1 heterocycles. The van der Waals surface area contributed by atoms with Gasteiger partial charge in [0.25, 0.3) is 0 Å². The summed E-state index contributed by atoms with van der Waals surface area (Å²) in [6.45, 7) is 7.94. The van der Waals surface area contributed by atoms with Gasteiger partial charge in [-0.25, -0.2) is 4.98 Å². The third-order valence-electron chi connectivity index (χ3n) is 4.70. The number of ether oxygens (including phenoxy) is 1. The summed E-state index contributed by atoms with van der Waals surface area (Å²) < 4.78 is 7.01. The molecule has 0 aliphatic heterocycles. The molecule has 0 fully saturated rings. The lowest BCUT2D eigenvalue weighted by Crippen LogP contribution is -2.42. The number of carbonyl (C=O) groups is 1. The van der Waals surface area contributed by atoms with Crippen LogP contribution in [0.25, 0.3) is 0 Å². The fraction of sp³-hybridized carbons (Fsp3) is 0.500. The molecule has 1 aromatic carbocycles. The lowest BCUT2D eigenvalue weighted by molar-refractivity contribution is -0.142. The maximum atomic E-state index is 10.8. The summed E-state index contributed by atoms with van der Waals surface area (Å²) in [6.07, 6.45) is 6.87. The lowest BCUT2D eigenvalue weighted by Gasteiger charge is -2.34. The van der Waals surface area contributed by atoms with Gasteiger partial charge in [-0.3, -0.25) is 4.79 Å². The van der Waals surface area contributed by atoms with Gasteiger partial charge in [0.2, 0.25) is 0 Å². The Bertz CT molecular complexity index is 648. The first-order valence-corrected chi connectivity index (χ1v) is 9.04. The molecule has 2 aromatic rings. The Morgan fingerprint density at radius 3 is 2.60 bits per heavy atom. The van der Waals surface area contributed by atoms with Crippen LogP contribution in [0.15, 0.2) is 42.9 Å². The molecule has 0 aliphatic carbocycles. The molecule has 0 saturated heterocycles. The van der Waals surface area contributed by atoms with Crippen molar-refractivity contribution in [1.82, 2.24) is 14.9 Å². The Hall–Kier alpha value is -2.14. The maximum Gasteiger partial charge on any atom is 0.303 e. The first-order chi connectivity index (χ1) is 12.1. The van der Waals surface area contributed by atoms with Crippen LogP contribution in [0.5, 0.6) is 0 Å². The van der Waals surface area contributed by atoms with Crippen molar-refractivity contribution in [2.45, 2.75) is 58.7 Å². The molecule has 0 spiro atoms. The van der Waals surface area contributed by atoms with Crippen LogP contribution in [0, 0.1) is 0 Å². The minimum Gasteiger partial charge on any atom is -0.459 e. The van der Waals surface area contributed by atoms with Crippen molar-refractivity contribution < 1.29 is 9.53 Å². The summed E-state index contributed by atoms with van der Waals surface area (Å²) in [5, 5.41) is 3.76. The highest BCUT2D eigenvalue weighted by Gasteiger charge is 2.26. The van der Waals surface area contributed by atoms with Crippen LogP contribution < -0.4 is 5.32 Å². The summed E-state index contributed by atoms with van der Waals surface area (Å²) in [7, 11) is 0. The molecule has 0 unspecified atom stereocenters. The second-order valence-corrected chi connectivity index (χ2v) is 6.32. The van der Waals surface area contributed by atoms with Gasteiger partial charge in [-0.05, 0) is 31.4 Å². The van der Waals surface area contributed by atoms with Gasteiger partial charge in [0.1, 0.15) is 6.61 Å². The summed E-state index contributed by atoms with van der Waals surface area (Å²) in [4.78, 5) is 15.1. The van der Waals surface area contributed by atoms with Crippen LogP contribution in [0.3, 0.4) is 0 Å². The second kappa shape index (κ2) is 9.37. The second-order valence-electron chi connectivity index (χ2n) is 6.32. The zero-order chi connectivity index (χ0) is 18.1. The van der Waals surface area contributed by atoms with E-state index in [0.717, 1.165) is 38.0 Å². The van der Waals surface area contributed by atoms with Crippen molar-refractivity contribution in [3.63, 3.8) is 0 Å². The smallest absolute Gasteiger partial charge is 0.303 e. The van der Waals surface area contributed by atoms with Gasteiger partial charge in [-0.15, -0.1) is 0 Å². The van der Waals surface area contributed by atoms with E-state index in [1.54, 1.807) is 6.33 Å². The third kappa shape index (κ3) is 5.43. The van der Waals surface area contributed by atoms with Crippen molar-refractivity contribution in [3.8, 4) is 0 Å². The minimum absolute atomic E-state index is 0.0384. The number of nitrogens with one attached hydrogen (secondary N) is 1. The molecule has 25 heavy (non-hydrogen) atoms. The van der Waals surface area contributed by atoms with Crippen LogP contribution in [0.2, 0.25) is 0 Å². The highest BCUT2D eigenvalue weighted by atomic mass is 16.5. The SMILES string of the molecule is CCC(CC)(NCCCn1cnc(COC(C)=O)c1)c1ccccc1. The molecular weight excluding hydrogens is 314 g/mol. The molecule has 0 saturated carbocycles. The van der Waals surface area contributed by atoms with Crippen molar-refractivity contribution in [2.75, 3.05) is 6.54 Å². The fourth-order valence-corrected chi connectivity index (χ4v) is 3.14. The molecule has 5 heteroatoms. The van der Waals surface area contributed by atoms with Gasteiger partial charge in [0.15, 0.2) is 0 Å². The van der Waals surface area contributed by atoms with E-state index in [4.69, 9.17) is 4.74 Å². The molecule has 2 rings (SSSR count). The Morgan fingerprint density at radius 2 is 1.96 bits per heavy atom. The standard InChI is InChI=1S/C20H29N3O2/c1-4-20(5-2,18-10-7-6-8-11-18)22-12-9-13-23-14-19(21-16-23)15-25-17(3)24/h6-8,10-11,14,16,22H,4-5,9,12-13,15H2,1-3H3. The first kappa shape index (κ1) is 19.2. The van der Waals surface area contributed by atoms with Crippen molar-refractivity contribution in [3.05, 3.63) is 54.1 Å². The molecule has 0 aliphatic rings. The van der Waals surface area contributed by atoms with Crippen LogP contribution in [0.4, 0.5) is 0 Å². The number of imidazole rings is 1. The predicted octanol–water partition coefficient (Wildman–Crippen LogP) is 3.64. The number of nitrogens with zero attached hydrogens (tertiary/aromatic N) is 2. The van der Waals surface area contributed by atoms with Crippen molar-refractivity contribution in [2.24, 2.45) is 0 Å². The number of carbonyl (C=O) groups excluding carboxylic acids is 1. The Kier molecular flexibility index (Phi) is 7.19. The van der Waals surface area contributed by atoms with Gasteiger partial charge >= 0.3 is 5.97 Å². The summed E-state index contributed by atoms with van der Waals surface area (Å²) >= 11 is 0. The van der Waals surface area contributed by atoms with Gasteiger partial charge < -0.3 is 14.6 Å². The van der Waals surface area contributed by atoms with E-state index in [9.17, 15) is 4.79 Å². The fourth-order valence-electron chi connectivity index (χ4n) is 3.14. The van der Waals surface area contributed by atoms with Crippen LogP contribution in [-0.4, -0.2) is 22.1 Å². The van der Waals surface area contributed by atoms with E-state index in [-0.39, 0.29) is 18.1 Å². The van der Waals surface area contributed by atoms with Gasteiger partial charge in [-0.2, -0.15) is 0 Å². The van der Waals surface area contributed by atoms with E-state index < -0.39 is 0 Å². The topological polar surface area (TPSA) is 56.1 Å². The third-order valence-corrected chi connectivity index (χ3v) is 4.70. The largest absolute Gasteiger partial charge is 0.459 e. The van der Waals surface area contributed by atoms with E-state index >= 15 is 0 Å². The normalized spacial score (nSPS) is 11.5. The van der Waals surface area contributed by atoms with Crippen molar-refractivity contribution in [1.29, 1.82) is 0 Å². The van der Waals surface area contributed by atoms with E-state index in [2.05, 4.69) is 54.5 Å². The quantitative estimate of drug-likeness (QED) is 0.528. The summed E-state index contributed by atoms with van der Waals surface area (Å²) in [5.74, 6) is -0.282. The molecular formula is C20H29N3O2. The molecule has 0 atom stereocenters. The molecule has 0 amide bonds. The first-order valence-electron chi connectivity index (χ1n) is 9.04. The number of esters is 1. The van der Waals surface area contributed by atoms with Crippen LogP contribution >= 0.6 is 0 Å². The number of hydrogen-bond acceptors (Lipinski definition) is 4. The highest BCUT2D eigenvalue weighted by molar-refractivity contribution is 5.65. The Labute approximate surface area is 150 Å². The minimum atomic E-state index is -0.282. The van der Waals surface area contributed by atoms with Crippen LogP contribution in [-0.2, 0) is 28.2 Å². The van der Waals surface area contributed by atoms with Crippen molar-refractivity contribution >= 4 is 5.97 Å². The van der Waals surface area contributed by atoms with Gasteiger partial charge in [-0.1, -0.05) is 44.2 Å². The zero-order valence-electron chi connectivity index (χ0n) is 15.5.